The lowest BCUT2D eigenvalue weighted by Crippen LogP contribution is -2.20. The topological polar surface area (TPSA) is 56.7 Å². The molecule has 4 heteroatoms. The van der Waals surface area contributed by atoms with Crippen LogP contribution in [0.2, 0.25) is 0 Å². The van der Waals surface area contributed by atoms with E-state index in [4.69, 9.17) is 5.73 Å². The van der Waals surface area contributed by atoms with Crippen LogP contribution in [0.25, 0.3) is 0 Å². The molecule has 0 saturated heterocycles. The number of aromatic nitrogens is 3. The van der Waals surface area contributed by atoms with E-state index in [9.17, 15) is 0 Å². The van der Waals surface area contributed by atoms with E-state index >= 15 is 0 Å². The zero-order valence-electron chi connectivity index (χ0n) is 12.1. The van der Waals surface area contributed by atoms with Gasteiger partial charge in [0.25, 0.3) is 0 Å². The average Bonchev–Trinajstić information content (AvgIpc) is 2.71. The molecule has 2 N–H and O–H groups in total. The summed E-state index contributed by atoms with van der Waals surface area (Å²) in [6.07, 6.45) is 1.06. The van der Waals surface area contributed by atoms with Gasteiger partial charge < -0.3 is 5.73 Å². The Balaban J connectivity index is 2.28. The summed E-state index contributed by atoms with van der Waals surface area (Å²) in [5.74, 6) is 0.526. The fourth-order valence-electron chi connectivity index (χ4n) is 2.26. The van der Waals surface area contributed by atoms with Crippen LogP contribution in [0.5, 0.6) is 0 Å². The SMILES string of the molecule is CCc1ccc(Cn2nnc(N)c2C(C)(C)C)cc1. The average molecular weight is 258 g/mol. The molecular weight excluding hydrogens is 236 g/mol. The van der Waals surface area contributed by atoms with Gasteiger partial charge in [-0.25, -0.2) is 4.68 Å². The minimum absolute atomic E-state index is 0.0586. The summed E-state index contributed by atoms with van der Waals surface area (Å²) in [5, 5.41) is 8.17. The van der Waals surface area contributed by atoms with Crippen molar-refractivity contribution in [2.24, 2.45) is 0 Å². The number of nitrogens with zero attached hydrogens (tertiary/aromatic N) is 3. The summed E-state index contributed by atoms with van der Waals surface area (Å²) in [6, 6.07) is 8.60. The van der Waals surface area contributed by atoms with E-state index in [1.165, 1.54) is 11.1 Å². The molecule has 0 spiro atoms. The maximum absolute atomic E-state index is 5.93. The van der Waals surface area contributed by atoms with E-state index in [2.05, 4.69) is 62.3 Å². The first-order chi connectivity index (χ1) is 8.91. The summed E-state index contributed by atoms with van der Waals surface area (Å²) < 4.78 is 1.90. The fraction of sp³-hybridized carbons (Fsp3) is 0.467. The monoisotopic (exact) mass is 258 g/mol. The lowest BCUT2D eigenvalue weighted by atomic mass is 9.91. The van der Waals surface area contributed by atoms with Gasteiger partial charge >= 0.3 is 0 Å². The van der Waals surface area contributed by atoms with Crippen LogP contribution < -0.4 is 5.73 Å². The molecule has 0 unspecified atom stereocenters. The molecule has 2 rings (SSSR count). The molecule has 0 saturated carbocycles. The highest BCUT2D eigenvalue weighted by molar-refractivity contribution is 5.38. The van der Waals surface area contributed by atoms with Crippen LogP contribution in [0.1, 0.15) is 44.5 Å². The standard InChI is InChI=1S/C15H22N4/c1-5-11-6-8-12(9-7-11)10-19-13(15(2,3)4)14(16)17-18-19/h6-9H,5,10,16H2,1-4H3. The Kier molecular flexibility index (Phi) is 3.60. The van der Waals surface area contributed by atoms with Gasteiger partial charge in [0.05, 0.1) is 12.2 Å². The van der Waals surface area contributed by atoms with Crippen molar-refractivity contribution < 1.29 is 0 Å². The predicted octanol–water partition coefficient (Wildman–Crippen LogP) is 2.77. The highest BCUT2D eigenvalue weighted by atomic mass is 15.4. The number of nitrogens with two attached hydrogens (primary N) is 1. The molecule has 0 amide bonds. The van der Waals surface area contributed by atoms with Crippen molar-refractivity contribution in [3.63, 3.8) is 0 Å². The maximum atomic E-state index is 5.93. The van der Waals surface area contributed by atoms with Gasteiger partial charge in [-0.2, -0.15) is 0 Å². The summed E-state index contributed by atoms with van der Waals surface area (Å²) in [4.78, 5) is 0. The quantitative estimate of drug-likeness (QED) is 0.921. The van der Waals surface area contributed by atoms with Crippen LogP contribution in [0.3, 0.4) is 0 Å². The molecule has 0 aliphatic carbocycles. The molecule has 0 fully saturated rings. The number of hydrogen-bond acceptors (Lipinski definition) is 3. The Morgan fingerprint density at radius 1 is 1.11 bits per heavy atom. The predicted molar refractivity (Wildman–Crippen MR) is 78.1 cm³/mol. The molecule has 19 heavy (non-hydrogen) atoms. The van der Waals surface area contributed by atoms with E-state index in [1.54, 1.807) is 0 Å². The molecule has 4 nitrogen and oxygen atoms in total. The lowest BCUT2D eigenvalue weighted by molar-refractivity contribution is 0.502. The second-order valence-corrected chi connectivity index (χ2v) is 5.90. The van der Waals surface area contributed by atoms with Gasteiger partial charge in [0.2, 0.25) is 0 Å². The van der Waals surface area contributed by atoms with Crippen LogP contribution in [0.4, 0.5) is 5.82 Å². The smallest absolute Gasteiger partial charge is 0.169 e. The molecule has 1 heterocycles. The van der Waals surface area contributed by atoms with Gasteiger partial charge in [-0.05, 0) is 17.5 Å². The highest BCUT2D eigenvalue weighted by Crippen LogP contribution is 2.26. The summed E-state index contributed by atoms with van der Waals surface area (Å²) in [5.41, 5.74) is 9.43. The largest absolute Gasteiger partial charge is 0.381 e. The summed E-state index contributed by atoms with van der Waals surface area (Å²) in [6.45, 7) is 9.24. The van der Waals surface area contributed by atoms with Crippen molar-refractivity contribution in [2.45, 2.75) is 46.1 Å². The van der Waals surface area contributed by atoms with E-state index in [0.29, 0.717) is 12.4 Å². The van der Waals surface area contributed by atoms with E-state index < -0.39 is 0 Å². The number of rotatable bonds is 3. The molecule has 2 aromatic rings. The minimum Gasteiger partial charge on any atom is -0.381 e. The highest BCUT2D eigenvalue weighted by Gasteiger charge is 2.23. The second kappa shape index (κ2) is 5.03. The first kappa shape index (κ1) is 13.6. The van der Waals surface area contributed by atoms with E-state index in [1.807, 2.05) is 4.68 Å². The van der Waals surface area contributed by atoms with Crippen LogP contribution in [0.15, 0.2) is 24.3 Å². The third-order valence-corrected chi connectivity index (χ3v) is 3.24. The van der Waals surface area contributed by atoms with Gasteiger partial charge in [-0.15, -0.1) is 5.10 Å². The minimum atomic E-state index is -0.0586. The molecule has 0 aliphatic heterocycles. The molecule has 0 aliphatic rings. The molecule has 0 radical (unpaired) electrons. The third kappa shape index (κ3) is 2.95. The van der Waals surface area contributed by atoms with Crippen LogP contribution in [-0.4, -0.2) is 15.0 Å². The van der Waals surface area contributed by atoms with Gasteiger partial charge in [0.1, 0.15) is 0 Å². The van der Waals surface area contributed by atoms with Crippen molar-refractivity contribution in [1.29, 1.82) is 0 Å². The first-order valence-electron chi connectivity index (χ1n) is 6.69. The number of hydrogen-bond donors (Lipinski definition) is 1. The second-order valence-electron chi connectivity index (χ2n) is 5.90. The Bertz CT molecular complexity index is 547. The van der Waals surface area contributed by atoms with Crippen LogP contribution >= 0.6 is 0 Å². The third-order valence-electron chi connectivity index (χ3n) is 3.24. The van der Waals surface area contributed by atoms with Crippen molar-refractivity contribution in [3.8, 4) is 0 Å². The zero-order chi connectivity index (χ0) is 14.0. The van der Waals surface area contributed by atoms with E-state index in [0.717, 1.165) is 12.1 Å². The zero-order valence-corrected chi connectivity index (χ0v) is 12.1. The Morgan fingerprint density at radius 2 is 1.68 bits per heavy atom. The molecule has 102 valence electrons. The molecule has 1 aromatic carbocycles. The normalized spacial score (nSPS) is 11.8. The molecule has 1 aromatic heterocycles. The van der Waals surface area contributed by atoms with Crippen molar-refractivity contribution in [2.75, 3.05) is 5.73 Å². The number of aryl methyl sites for hydroxylation is 1. The van der Waals surface area contributed by atoms with Crippen LogP contribution in [-0.2, 0) is 18.4 Å². The number of anilines is 1. The van der Waals surface area contributed by atoms with Crippen LogP contribution in [0, 0.1) is 0 Å². The Morgan fingerprint density at radius 3 is 2.21 bits per heavy atom. The summed E-state index contributed by atoms with van der Waals surface area (Å²) >= 11 is 0. The summed E-state index contributed by atoms with van der Waals surface area (Å²) in [7, 11) is 0. The first-order valence-corrected chi connectivity index (χ1v) is 6.69. The van der Waals surface area contributed by atoms with Crippen molar-refractivity contribution in [1.82, 2.24) is 15.0 Å². The van der Waals surface area contributed by atoms with Gasteiger partial charge in [-0.3, -0.25) is 0 Å². The van der Waals surface area contributed by atoms with Crippen molar-refractivity contribution >= 4 is 5.82 Å². The lowest BCUT2D eigenvalue weighted by Gasteiger charge is -2.20. The van der Waals surface area contributed by atoms with E-state index in [-0.39, 0.29) is 5.41 Å². The molecule has 0 atom stereocenters. The Labute approximate surface area is 114 Å². The molecular formula is C15H22N4. The number of nitrogen functional groups attached to an aromatic ring is 1. The van der Waals surface area contributed by atoms with Gasteiger partial charge in [0, 0.05) is 5.41 Å². The maximum Gasteiger partial charge on any atom is 0.169 e. The van der Waals surface area contributed by atoms with Gasteiger partial charge in [0.15, 0.2) is 5.82 Å². The number of benzene rings is 1. The fourth-order valence-corrected chi connectivity index (χ4v) is 2.26. The molecule has 0 bridgehead atoms. The van der Waals surface area contributed by atoms with Crippen molar-refractivity contribution in [3.05, 3.63) is 41.1 Å². The van der Waals surface area contributed by atoms with Gasteiger partial charge in [-0.1, -0.05) is 57.2 Å². The Hall–Kier alpha value is -1.84.